The molecule has 22 heavy (non-hydrogen) atoms. The van der Waals surface area contributed by atoms with Crippen LogP contribution in [0.15, 0.2) is 53.2 Å². The minimum atomic E-state index is -0.509. The number of aliphatic imine (C=N–C) groups is 1. The van der Waals surface area contributed by atoms with Gasteiger partial charge in [-0.05, 0) is 64.6 Å². The highest BCUT2D eigenvalue weighted by molar-refractivity contribution is 14.1. The monoisotopic (exact) mass is 443 g/mol. The number of rotatable bonds is 2. The van der Waals surface area contributed by atoms with E-state index in [9.17, 15) is 4.79 Å². The van der Waals surface area contributed by atoms with Gasteiger partial charge in [-0.25, -0.2) is 9.79 Å². The maximum atomic E-state index is 12.0. The van der Waals surface area contributed by atoms with E-state index >= 15 is 0 Å². The van der Waals surface area contributed by atoms with Gasteiger partial charge in [0.15, 0.2) is 5.70 Å². The number of ether oxygens (including phenoxy) is 1. The number of hydrogen-bond acceptors (Lipinski definition) is 3. The zero-order chi connectivity index (χ0) is 15.7. The zero-order valence-electron chi connectivity index (χ0n) is 11.0. The molecule has 2 aromatic rings. The zero-order valence-corrected chi connectivity index (χ0v) is 14.7. The van der Waals surface area contributed by atoms with E-state index in [4.69, 9.17) is 27.9 Å². The van der Waals surface area contributed by atoms with Crippen LogP contribution in [-0.4, -0.2) is 11.9 Å². The van der Waals surface area contributed by atoms with Crippen LogP contribution in [0.5, 0.6) is 0 Å². The van der Waals surface area contributed by atoms with Gasteiger partial charge in [0.2, 0.25) is 5.90 Å². The van der Waals surface area contributed by atoms with E-state index < -0.39 is 5.97 Å². The van der Waals surface area contributed by atoms with Crippen LogP contribution in [0.2, 0.25) is 10.0 Å². The first-order chi connectivity index (χ1) is 10.5. The highest BCUT2D eigenvalue weighted by Crippen LogP contribution is 2.25. The lowest BCUT2D eigenvalue weighted by Crippen LogP contribution is -2.06. The van der Waals surface area contributed by atoms with E-state index in [0.717, 1.165) is 9.13 Å². The topological polar surface area (TPSA) is 38.7 Å². The number of benzene rings is 2. The van der Waals surface area contributed by atoms with Crippen molar-refractivity contribution in [3.05, 3.63) is 72.9 Å². The molecule has 0 atom stereocenters. The molecular weight excluding hydrogens is 436 g/mol. The average molecular weight is 444 g/mol. The molecule has 3 nitrogen and oxygen atoms in total. The van der Waals surface area contributed by atoms with Crippen LogP contribution in [0.1, 0.15) is 11.1 Å². The summed E-state index contributed by atoms with van der Waals surface area (Å²) in [4.78, 5) is 16.2. The standard InChI is InChI=1S/C16H8Cl2INO2/c17-10-3-1-2-9(6-10)7-14-16(21)22-15(20-14)12-8-11(19)4-5-13(12)18/h1-8H/b14-7-. The van der Waals surface area contributed by atoms with Crippen molar-refractivity contribution in [3.8, 4) is 0 Å². The summed E-state index contributed by atoms with van der Waals surface area (Å²) >= 11 is 14.2. The van der Waals surface area contributed by atoms with Gasteiger partial charge in [0, 0.05) is 8.59 Å². The molecule has 0 aliphatic carbocycles. The van der Waals surface area contributed by atoms with Crippen LogP contribution in [0.3, 0.4) is 0 Å². The highest BCUT2D eigenvalue weighted by Gasteiger charge is 2.25. The van der Waals surface area contributed by atoms with Gasteiger partial charge < -0.3 is 4.74 Å². The Kier molecular flexibility index (Phi) is 4.52. The second kappa shape index (κ2) is 6.40. The SMILES string of the molecule is O=C1OC(c2cc(I)ccc2Cl)=N/C1=C\c1cccc(Cl)c1. The van der Waals surface area contributed by atoms with Crippen LogP contribution in [0.25, 0.3) is 6.08 Å². The molecule has 0 aromatic heterocycles. The van der Waals surface area contributed by atoms with Crippen LogP contribution >= 0.6 is 45.8 Å². The first-order valence-corrected chi connectivity index (χ1v) is 8.10. The second-order valence-corrected chi connectivity index (χ2v) is 6.60. The molecule has 1 aliphatic rings. The molecule has 1 aliphatic heterocycles. The van der Waals surface area contributed by atoms with E-state index in [1.165, 1.54) is 0 Å². The quantitative estimate of drug-likeness (QED) is 0.374. The van der Waals surface area contributed by atoms with Crippen molar-refractivity contribution < 1.29 is 9.53 Å². The second-order valence-electron chi connectivity index (χ2n) is 4.52. The van der Waals surface area contributed by atoms with Crippen molar-refractivity contribution in [3.63, 3.8) is 0 Å². The number of esters is 1. The summed E-state index contributed by atoms with van der Waals surface area (Å²) in [5.41, 5.74) is 1.58. The number of carbonyl (C=O) groups excluding carboxylic acids is 1. The molecule has 6 heteroatoms. The fraction of sp³-hybridized carbons (Fsp3) is 0. The molecule has 0 saturated carbocycles. The van der Waals surface area contributed by atoms with Crippen molar-refractivity contribution >= 4 is 63.7 Å². The van der Waals surface area contributed by atoms with E-state index in [0.29, 0.717) is 15.6 Å². The third-order valence-electron chi connectivity index (χ3n) is 2.93. The molecule has 0 N–H and O–H groups in total. The lowest BCUT2D eigenvalue weighted by molar-refractivity contribution is -0.129. The van der Waals surface area contributed by atoms with Crippen molar-refractivity contribution in [2.45, 2.75) is 0 Å². The van der Waals surface area contributed by atoms with Gasteiger partial charge in [-0.15, -0.1) is 0 Å². The van der Waals surface area contributed by atoms with Gasteiger partial charge in [0.1, 0.15) is 0 Å². The molecular formula is C16H8Cl2INO2. The van der Waals surface area contributed by atoms with Gasteiger partial charge >= 0.3 is 5.97 Å². The van der Waals surface area contributed by atoms with E-state index in [2.05, 4.69) is 27.6 Å². The van der Waals surface area contributed by atoms with Gasteiger partial charge in [-0.2, -0.15) is 0 Å². The third kappa shape index (κ3) is 3.34. The molecule has 0 spiro atoms. The largest absolute Gasteiger partial charge is 0.402 e. The Hall–Kier alpha value is -1.37. The smallest absolute Gasteiger partial charge is 0.363 e. The van der Waals surface area contributed by atoms with Gasteiger partial charge in [0.05, 0.1) is 10.6 Å². The molecule has 0 bridgehead atoms. The minimum Gasteiger partial charge on any atom is -0.402 e. The van der Waals surface area contributed by atoms with Crippen LogP contribution in [-0.2, 0) is 9.53 Å². The Balaban J connectivity index is 2.00. The normalized spacial score (nSPS) is 15.9. The summed E-state index contributed by atoms with van der Waals surface area (Å²) in [5, 5.41) is 1.07. The summed E-state index contributed by atoms with van der Waals surface area (Å²) in [6, 6.07) is 12.6. The lowest BCUT2D eigenvalue weighted by Gasteiger charge is -2.02. The summed E-state index contributed by atoms with van der Waals surface area (Å²) < 4.78 is 6.20. The summed E-state index contributed by atoms with van der Waals surface area (Å²) in [6.45, 7) is 0. The molecule has 0 unspecified atom stereocenters. The number of halogens is 3. The fourth-order valence-electron chi connectivity index (χ4n) is 1.94. The molecule has 0 amide bonds. The van der Waals surface area contributed by atoms with E-state index in [1.807, 2.05) is 18.2 Å². The van der Waals surface area contributed by atoms with Gasteiger partial charge in [0.25, 0.3) is 0 Å². The molecule has 1 heterocycles. The van der Waals surface area contributed by atoms with Crippen molar-refractivity contribution in [1.82, 2.24) is 0 Å². The first kappa shape index (κ1) is 15.5. The van der Waals surface area contributed by atoms with Crippen molar-refractivity contribution in [2.75, 3.05) is 0 Å². The Bertz CT molecular complexity index is 831. The predicted octanol–water partition coefficient (Wildman–Crippen LogP) is 4.94. The van der Waals surface area contributed by atoms with Gasteiger partial charge in [-0.3, -0.25) is 0 Å². The summed E-state index contributed by atoms with van der Waals surface area (Å²) in [7, 11) is 0. The maximum absolute atomic E-state index is 12.0. The first-order valence-electron chi connectivity index (χ1n) is 6.26. The van der Waals surface area contributed by atoms with Crippen molar-refractivity contribution in [2.24, 2.45) is 4.99 Å². The van der Waals surface area contributed by atoms with Crippen LogP contribution in [0, 0.1) is 3.57 Å². The van der Waals surface area contributed by atoms with E-state index in [-0.39, 0.29) is 11.6 Å². The Morgan fingerprint density at radius 3 is 2.73 bits per heavy atom. The summed E-state index contributed by atoms with van der Waals surface area (Å²) in [5.74, 6) is -0.299. The number of cyclic esters (lactones) is 1. The predicted molar refractivity (Wildman–Crippen MR) is 96.2 cm³/mol. The molecule has 0 fully saturated rings. The molecule has 0 saturated heterocycles. The number of nitrogens with zero attached hydrogens (tertiary/aromatic N) is 1. The Labute approximate surface area is 150 Å². The Morgan fingerprint density at radius 2 is 1.95 bits per heavy atom. The Morgan fingerprint density at radius 1 is 1.14 bits per heavy atom. The molecule has 0 radical (unpaired) electrons. The highest BCUT2D eigenvalue weighted by atomic mass is 127. The van der Waals surface area contributed by atoms with Crippen LogP contribution < -0.4 is 0 Å². The minimum absolute atomic E-state index is 0.210. The lowest BCUT2D eigenvalue weighted by atomic mass is 10.2. The average Bonchev–Trinajstić information content (AvgIpc) is 2.83. The molecule has 2 aromatic carbocycles. The number of carbonyl (C=O) groups is 1. The molecule has 3 rings (SSSR count). The third-order valence-corrected chi connectivity index (χ3v) is 4.17. The molecule has 110 valence electrons. The van der Waals surface area contributed by atoms with Gasteiger partial charge in [-0.1, -0.05) is 35.3 Å². The van der Waals surface area contributed by atoms with Crippen molar-refractivity contribution in [1.29, 1.82) is 0 Å². The van der Waals surface area contributed by atoms with Crippen LogP contribution in [0.4, 0.5) is 0 Å². The summed E-state index contributed by atoms with van der Waals surface area (Å²) in [6.07, 6.45) is 1.63. The fourth-order valence-corrected chi connectivity index (χ4v) is 2.83. The van der Waals surface area contributed by atoms with E-state index in [1.54, 1.807) is 30.3 Å². The maximum Gasteiger partial charge on any atom is 0.363 e. The number of hydrogen-bond donors (Lipinski definition) is 0.